The molecule has 0 bridgehead atoms. The van der Waals surface area contributed by atoms with Crippen LogP contribution in [0, 0.1) is 56.2 Å². The second-order valence-electron chi connectivity index (χ2n) is 20.3. The number of hydrogen-bond donors (Lipinski definition) is 2. The van der Waals surface area contributed by atoms with E-state index in [0.717, 1.165) is 50.5 Å². The van der Waals surface area contributed by atoms with Gasteiger partial charge in [0.2, 0.25) is 0 Å². The Morgan fingerprint density at radius 2 is 1.57 bits per heavy atom. The Kier molecular flexibility index (Phi) is 10.4. The first kappa shape index (κ1) is 40.9. The van der Waals surface area contributed by atoms with Gasteiger partial charge in [0.15, 0.2) is 5.78 Å². The summed E-state index contributed by atoms with van der Waals surface area (Å²) in [5.74, 6) is -0.508. The zero-order valence-electron chi connectivity index (χ0n) is 34.3. The summed E-state index contributed by atoms with van der Waals surface area (Å²) in [4.78, 5) is 54.0. The second-order valence-corrected chi connectivity index (χ2v) is 20.7. The first-order chi connectivity index (χ1) is 25.0. The van der Waals surface area contributed by atoms with E-state index < -0.39 is 28.9 Å². The van der Waals surface area contributed by atoms with Crippen LogP contribution in [0.4, 0.5) is 0 Å². The number of amides is 1. The highest BCUT2D eigenvalue weighted by Gasteiger charge is 2.71. The molecule has 5 aliphatic carbocycles. The summed E-state index contributed by atoms with van der Waals surface area (Å²) in [6, 6.07) is 6.81. The van der Waals surface area contributed by atoms with Crippen molar-refractivity contribution in [2.45, 2.75) is 139 Å². The van der Waals surface area contributed by atoms with Gasteiger partial charge in [0.05, 0.1) is 17.9 Å². The molecule has 0 saturated heterocycles. The molecule has 2 N–H and O–H groups in total. The van der Waals surface area contributed by atoms with Crippen molar-refractivity contribution < 1.29 is 34.1 Å². The molecule has 0 radical (unpaired) electrons. The van der Waals surface area contributed by atoms with Gasteiger partial charge in [-0.25, -0.2) is 0 Å². The minimum absolute atomic E-state index is 0.00848. The quantitative estimate of drug-likeness (QED) is 0.241. The van der Waals surface area contributed by atoms with Crippen molar-refractivity contribution in [3.05, 3.63) is 46.0 Å². The Morgan fingerprint density at radius 3 is 2.19 bits per heavy atom. The Hall–Kier alpha value is -2.71. The van der Waals surface area contributed by atoms with Crippen molar-refractivity contribution in [1.82, 2.24) is 4.90 Å². The number of carboxylic acids is 1. The van der Waals surface area contributed by atoms with Crippen LogP contribution in [0.15, 0.2) is 35.4 Å². The smallest absolute Gasteiger partial charge is 0.309 e. The molecule has 1 aromatic rings. The fourth-order valence-corrected chi connectivity index (χ4v) is 13.4. The Bertz CT molecular complexity index is 1730. The summed E-state index contributed by atoms with van der Waals surface area (Å²) in [6.45, 7) is 19.5. The monoisotopic (exact) mass is 765 g/mol. The highest BCUT2D eigenvalue weighted by atomic mass is 35.5. The van der Waals surface area contributed by atoms with E-state index in [1.807, 2.05) is 0 Å². The number of benzene rings is 1. The third-order valence-electron chi connectivity index (χ3n) is 16.4. The van der Waals surface area contributed by atoms with E-state index in [1.165, 1.54) is 5.57 Å². The van der Waals surface area contributed by atoms with Crippen molar-refractivity contribution in [2.24, 2.45) is 56.2 Å². The van der Waals surface area contributed by atoms with Crippen LogP contribution in [0.1, 0.15) is 137 Å². The summed E-state index contributed by atoms with van der Waals surface area (Å²) >= 11 is 6.08. The molecular weight excluding hydrogens is 702 g/mol. The maximum absolute atomic E-state index is 14.1. The van der Waals surface area contributed by atoms with Crippen LogP contribution >= 0.6 is 11.6 Å². The molecule has 4 fully saturated rings. The third kappa shape index (κ3) is 6.19. The van der Waals surface area contributed by atoms with Crippen LogP contribution in [-0.2, 0) is 19.1 Å². The molecule has 8 nitrogen and oxygen atoms in total. The predicted molar refractivity (Wildman–Crippen MR) is 210 cm³/mol. The number of rotatable bonds is 9. The first-order valence-corrected chi connectivity index (χ1v) is 20.7. The van der Waals surface area contributed by atoms with Gasteiger partial charge in [-0.1, -0.05) is 65.6 Å². The normalized spacial score (nSPS) is 36.4. The third-order valence-corrected chi connectivity index (χ3v) is 16.6. The first-order valence-electron chi connectivity index (χ1n) is 20.4. The van der Waals surface area contributed by atoms with Crippen LogP contribution in [0.5, 0.6) is 0 Å². The van der Waals surface area contributed by atoms with E-state index >= 15 is 0 Å². The molecule has 1 aromatic carbocycles. The van der Waals surface area contributed by atoms with Gasteiger partial charge >= 0.3 is 11.9 Å². The van der Waals surface area contributed by atoms with E-state index in [-0.39, 0.29) is 64.3 Å². The number of ketones is 1. The number of allylic oxidation sites excluding steroid dienone is 1. The van der Waals surface area contributed by atoms with E-state index in [4.69, 9.17) is 16.3 Å². The number of carboxylic acid groups (broad SMARTS) is 1. The van der Waals surface area contributed by atoms with Crippen molar-refractivity contribution in [3.63, 3.8) is 0 Å². The van der Waals surface area contributed by atoms with Crippen molar-refractivity contribution in [2.75, 3.05) is 13.6 Å². The molecule has 0 aliphatic heterocycles. The minimum atomic E-state index is -1.18. The summed E-state index contributed by atoms with van der Waals surface area (Å²) in [5.41, 5.74) is 0.374. The molecular formula is C45H64ClNO7. The van der Waals surface area contributed by atoms with Crippen LogP contribution in [-0.4, -0.2) is 64.5 Å². The molecule has 5 aliphatic rings. The number of likely N-dealkylation sites (N-methyl/N-ethyl adjacent to an activating group) is 1. The Balaban J connectivity index is 1.28. The standard InChI is InChI=1S/C45H64ClNO7/c1-26(2)36-30(48)23-45(33(49)25-47(10)38(51)27-11-13-28(46)14-12-27)22-21-43(8)29(37(36)45)15-16-32-42(7)19-18-34(54-35(50)24-40(3,4)39(52)53)41(5,6)31(42)17-20-44(32,43)9/h11-14,26,29,31-34,49H,15-25H2,1-10H3,(H,52,53). The molecule has 9 atom stereocenters. The number of fused-ring (bicyclic) bond motifs is 7. The number of ether oxygens (including phenoxy) is 1. The van der Waals surface area contributed by atoms with Gasteiger partial charge in [-0.2, -0.15) is 0 Å². The number of halogens is 1. The Morgan fingerprint density at radius 1 is 0.926 bits per heavy atom. The summed E-state index contributed by atoms with van der Waals surface area (Å²) < 4.78 is 6.16. The zero-order valence-corrected chi connectivity index (χ0v) is 35.1. The van der Waals surface area contributed by atoms with E-state index in [2.05, 4.69) is 48.5 Å². The molecule has 6 rings (SSSR count). The van der Waals surface area contributed by atoms with E-state index in [9.17, 15) is 29.4 Å². The highest BCUT2D eigenvalue weighted by Crippen LogP contribution is 2.77. The number of Topliss-reactive ketones (excluding diaryl/α,β-unsaturated/α-hetero) is 1. The molecule has 0 heterocycles. The van der Waals surface area contributed by atoms with Gasteiger partial charge in [-0.05, 0) is 135 Å². The largest absolute Gasteiger partial charge is 0.481 e. The maximum atomic E-state index is 14.1. The van der Waals surface area contributed by atoms with Crippen LogP contribution < -0.4 is 0 Å². The van der Waals surface area contributed by atoms with Gasteiger partial charge in [0.1, 0.15) is 6.10 Å². The number of aliphatic hydroxyl groups excluding tert-OH is 1. The van der Waals surface area contributed by atoms with Gasteiger partial charge in [0.25, 0.3) is 5.91 Å². The zero-order chi connectivity index (χ0) is 40.0. The summed E-state index contributed by atoms with van der Waals surface area (Å²) in [5, 5.41) is 22.5. The van der Waals surface area contributed by atoms with Crippen LogP contribution in [0.3, 0.4) is 0 Å². The minimum Gasteiger partial charge on any atom is -0.481 e. The summed E-state index contributed by atoms with van der Waals surface area (Å²) in [6.07, 6.45) is 6.33. The highest BCUT2D eigenvalue weighted by molar-refractivity contribution is 6.30. The van der Waals surface area contributed by atoms with E-state index in [1.54, 1.807) is 50.1 Å². The maximum Gasteiger partial charge on any atom is 0.309 e. The molecule has 298 valence electrons. The lowest BCUT2D eigenvalue weighted by Gasteiger charge is -2.72. The molecule has 9 unspecified atom stereocenters. The second kappa shape index (κ2) is 13.7. The van der Waals surface area contributed by atoms with Gasteiger partial charge in [-0.15, -0.1) is 0 Å². The molecule has 4 saturated carbocycles. The molecule has 9 heteroatoms. The van der Waals surface area contributed by atoms with Crippen molar-refractivity contribution >= 4 is 35.2 Å². The van der Waals surface area contributed by atoms with Crippen molar-refractivity contribution in [1.29, 1.82) is 0 Å². The SMILES string of the molecule is CC(C)C1=C2C3CCC4C5(C)CCC(OC(=O)CC(C)(C)C(=O)O)C(C)(C)C5CCC4(C)C3(C)CCC2(C(O)CN(C)C(=O)c2ccc(Cl)cc2)CC1=O. The topological polar surface area (TPSA) is 121 Å². The predicted octanol–water partition coefficient (Wildman–Crippen LogP) is 9.17. The molecule has 0 spiro atoms. The lowest BCUT2D eigenvalue weighted by atomic mass is 9.33. The number of carbonyl (C=O) groups is 4. The average Bonchev–Trinajstić information content (AvgIpc) is 3.39. The number of hydrogen-bond acceptors (Lipinski definition) is 6. The number of carbonyl (C=O) groups excluding carboxylic acids is 3. The fraction of sp³-hybridized carbons (Fsp3) is 0.733. The number of esters is 1. The lowest BCUT2D eigenvalue weighted by molar-refractivity contribution is -0.235. The number of aliphatic carboxylic acids is 1. The molecule has 54 heavy (non-hydrogen) atoms. The Labute approximate surface area is 327 Å². The molecule has 0 aromatic heterocycles. The van der Waals surface area contributed by atoms with Crippen LogP contribution in [0.2, 0.25) is 5.02 Å². The average molecular weight is 766 g/mol. The summed E-state index contributed by atoms with van der Waals surface area (Å²) in [7, 11) is 1.73. The van der Waals surface area contributed by atoms with Gasteiger partial charge in [0, 0.05) is 41.4 Å². The van der Waals surface area contributed by atoms with Gasteiger partial charge < -0.3 is 19.8 Å². The van der Waals surface area contributed by atoms with Gasteiger partial charge in [-0.3, -0.25) is 19.2 Å². The van der Waals surface area contributed by atoms with E-state index in [0.29, 0.717) is 35.3 Å². The lowest BCUT2D eigenvalue weighted by Crippen LogP contribution is -2.66. The van der Waals surface area contributed by atoms with Crippen LogP contribution in [0.25, 0.3) is 0 Å². The van der Waals surface area contributed by atoms with Crippen molar-refractivity contribution in [3.8, 4) is 0 Å². The number of nitrogens with zero attached hydrogens (tertiary/aromatic N) is 1. The molecule has 1 amide bonds. The number of aliphatic hydroxyl groups is 1. The fourth-order valence-electron chi connectivity index (χ4n) is 13.2.